The third kappa shape index (κ3) is 6.40. The van der Waals surface area contributed by atoms with Crippen LogP contribution in [-0.2, 0) is 13.1 Å². The summed E-state index contributed by atoms with van der Waals surface area (Å²) in [5.74, 6) is 1.17. The number of benzene rings is 2. The second-order valence-corrected chi connectivity index (χ2v) is 6.73. The van der Waals surface area contributed by atoms with Crippen molar-refractivity contribution in [1.29, 1.82) is 0 Å². The summed E-state index contributed by atoms with van der Waals surface area (Å²) < 4.78 is 24.2. The molecule has 0 fully saturated rings. The van der Waals surface area contributed by atoms with Gasteiger partial charge in [0, 0.05) is 18.1 Å². The molecule has 0 saturated carbocycles. The fraction of sp³-hybridized carbons (Fsp3) is 0.238. The van der Waals surface area contributed by atoms with E-state index >= 15 is 0 Å². The summed E-state index contributed by atoms with van der Waals surface area (Å²) in [5.41, 5.74) is 0.953. The Bertz CT molecular complexity index is 806. The normalized spacial score (nSPS) is 12.3. The lowest BCUT2D eigenvalue weighted by atomic mass is 10.2. The highest BCUT2D eigenvalue weighted by Crippen LogP contribution is 2.16. The van der Waals surface area contributed by atoms with Crippen molar-refractivity contribution in [3.63, 3.8) is 0 Å². The summed E-state index contributed by atoms with van der Waals surface area (Å²) in [7, 11) is 0. The molecule has 27 heavy (non-hydrogen) atoms. The molecule has 6 heteroatoms. The standard InChI is InChI=1S/C21H21ClFNO3/c22-17-5-9-20(10-6-17)27-15-19(25)13-24(14-21-2-1-11-26-21)12-16-3-7-18(23)8-4-16/h1-11,19,25H,12-15H2/t19-/m0/s1. The van der Waals surface area contributed by atoms with Gasteiger partial charge in [-0.15, -0.1) is 0 Å². The van der Waals surface area contributed by atoms with Gasteiger partial charge in [0.1, 0.15) is 30.0 Å². The molecule has 0 radical (unpaired) electrons. The SMILES string of the molecule is O[C@H](COc1ccc(Cl)cc1)CN(Cc1ccc(F)cc1)Cc1ccco1. The van der Waals surface area contributed by atoms with Gasteiger partial charge in [0.2, 0.25) is 0 Å². The fourth-order valence-electron chi connectivity index (χ4n) is 2.73. The molecule has 0 saturated heterocycles. The maximum Gasteiger partial charge on any atom is 0.123 e. The van der Waals surface area contributed by atoms with Crippen LogP contribution in [0.25, 0.3) is 0 Å². The van der Waals surface area contributed by atoms with Crippen molar-refractivity contribution in [2.24, 2.45) is 0 Å². The van der Waals surface area contributed by atoms with Crippen LogP contribution >= 0.6 is 11.6 Å². The summed E-state index contributed by atoms with van der Waals surface area (Å²) in [6, 6.07) is 17.0. The van der Waals surface area contributed by atoms with Gasteiger partial charge >= 0.3 is 0 Å². The van der Waals surface area contributed by atoms with E-state index in [-0.39, 0.29) is 12.4 Å². The summed E-state index contributed by atoms with van der Waals surface area (Å²) in [6.45, 7) is 1.62. The lowest BCUT2D eigenvalue weighted by Crippen LogP contribution is -2.35. The molecule has 2 aromatic carbocycles. The van der Waals surface area contributed by atoms with E-state index in [2.05, 4.69) is 0 Å². The van der Waals surface area contributed by atoms with Crippen molar-refractivity contribution in [2.45, 2.75) is 19.2 Å². The van der Waals surface area contributed by atoms with Gasteiger partial charge in [0.05, 0.1) is 12.8 Å². The second kappa shape index (κ2) is 9.55. The van der Waals surface area contributed by atoms with Crippen molar-refractivity contribution in [3.05, 3.63) is 89.1 Å². The number of furan rings is 1. The van der Waals surface area contributed by atoms with Gasteiger partial charge in [0.15, 0.2) is 0 Å². The Balaban J connectivity index is 1.59. The van der Waals surface area contributed by atoms with Crippen LogP contribution in [0.4, 0.5) is 4.39 Å². The molecule has 0 aliphatic heterocycles. The van der Waals surface area contributed by atoms with E-state index in [1.807, 2.05) is 17.0 Å². The molecule has 0 unspecified atom stereocenters. The molecule has 0 amide bonds. The molecular weight excluding hydrogens is 369 g/mol. The van der Waals surface area contributed by atoms with Gasteiger partial charge in [-0.25, -0.2) is 4.39 Å². The van der Waals surface area contributed by atoms with Gasteiger partial charge in [0.25, 0.3) is 0 Å². The number of nitrogens with zero attached hydrogens (tertiary/aromatic N) is 1. The Kier molecular flexibility index (Phi) is 6.87. The molecule has 4 nitrogen and oxygen atoms in total. The Morgan fingerprint density at radius 1 is 1.04 bits per heavy atom. The van der Waals surface area contributed by atoms with Crippen molar-refractivity contribution < 1.29 is 18.7 Å². The second-order valence-electron chi connectivity index (χ2n) is 6.29. The van der Waals surface area contributed by atoms with Gasteiger partial charge in [-0.3, -0.25) is 4.90 Å². The van der Waals surface area contributed by atoms with Crippen LogP contribution in [0.15, 0.2) is 71.3 Å². The smallest absolute Gasteiger partial charge is 0.123 e. The zero-order valence-corrected chi connectivity index (χ0v) is 15.5. The van der Waals surface area contributed by atoms with Gasteiger partial charge in [-0.2, -0.15) is 0 Å². The minimum Gasteiger partial charge on any atom is -0.491 e. The Morgan fingerprint density at radius 2 is 1.78 bits per heavy atom. The van der Waals surface area contributed by atoms with Gasteiger partial charge < -0.3 is 14.3 Å². The minimum atomic E-state index is -0.698. The average Bonchev–Trinajstić information content (AvgIpc) is 3.16. The number of hydrogen-bond donors (Lipinski definition) is 1. The van der Waals surface area contributed by atoms with Crippen LogP contribution in [0.1, 0.15) is 11.3 Å². The Hall–Kier alpha value is -2.34. The predicted octanol–water partition coefficient (Wildman–Crippen LogP) is 4.51. The first-order valence-electron chi connectivity index (χ1n) is 8.64. The third-order valence-corrected chi connectivity index (χ3v) is 4.26. The maximum absolute atomic E-state index is 13.1. The molecule has 0 aliphatic rings. The molecule has 1 heterocycles. The first-order chi connectivity index (χ1) is 13.1. The number of aliphatic hydroxyl groups is 1. The lowest BCUT2D eigenvalue weighted by molar-refractivity contribution is 0.0604. The molecule has 0 bridgehead atoms. The lowest BCUT2D eigenvalue weighted by Gasteiger charge is -2.24. The van der Waals surface area contributed by atoms with Crippen molar-refractivity contribution in [3.8, 4) is 5.75 Å². The summed E-state index contributed by atoms with van der Waals surface area (Å²) in [4.78, 5) is 2.03. The number of halogens is 2. The Morgan fingerprint density at radius 3 is 2.44 bits per heavy atom. The largest absolute Gasteiger partial charge is 0.491 e. The van der Waals surface area contributed by atoms with Crippen LogP contribution in [0.5, 0.6) is 5.75 Å². The highest BCUT2D eigenvalue weighted by Gasteiger charge is 2.15. The highest BCUT2D eigenvalue weighted by molar-refractivity contribution is 6.30. The first-order valence-corrected chi connectivity index (χ1v) is 9.02. The van der Waals surface area contributed by atoms with E-state index < -0.39 is 6.10 Å². The molecule has 142 valence electrons. The van der Waals surface area contributed by atoms with Gasteiger partial charge in [-0.1, -0.05) is 23.7 Å². The molecule has 1 atom stereocenters. The van der Waals surface area contributed by atoms with Crippen LogP contribution in [0, 0.1) is 5.82 Å². The van der Waals surface area contributed by atoms with E-state index in [4.69, 9.17) is 20.8 Å². The minimum absolute atomic E-state index is 0.152. The molecule has 3 aromatic rings. The number of aliphatic hydroxyl groups excluding tert-OH is 1. The van der Waals surface area contributed by atoms with Crippen LogP contribution in [-0.4, -0.2) is 29.3 Å². The molecule has 1 N–H and O–H groups in total. The third-order valence-electron chi connectivity index (χ3n) is 4.00. The summed E-state index contributed by atoms with van der Waals surface area (Å²) in [5, 5.41) is 11.0. The van der Waals surface area contributed by atoms with E-state index in [0.29, 0.717) is 30.4 Å². The van der Waals surface area contributed by atoms with Gasteiger partial charge in [-0.05, 0) is 54.1 Å². The van der Waals surface area contributed by atoms with E-state index in [1.165, 1.54) is 12.1 Å². The number of hydrogen-bond acceptors (Lipinski definition) is 4. The zero-order valence-electron chi connectivity index (χ0n) is 14.7. The quantitative estimate of drug-likeness (QED) is 0.584. The van der Waals surface area contributed by atoms with Crippen LogP contribution < -0.4 is 4.74 Å². The van der Waals surface area contributed by atoms with Crippen molar-refractivity contribution in [1.82, 2.24) is 4.90 Å². The molecule has 3 rings (SSSR count). The monoisotopic (exact) mass is 389 g/mol. The summed E-state index contributed by atoms with van der Waals surface area (Å²) in [6.07, 6.45) is 0.918. The van der Waals surface area contributed by atoms with Crippen LogP contribution in [0.2, 0.25) is 5.02 Å². The molecule has 0 spiro atoms. The Labute approximate surface area is 162 Å². The van der Waals surface area contributed by atoms with Crippen molar-refractivity contribution >= 4 is 11.6 Å². The van der Waals surface area contributed by atoms with E-state index in [1.54, 1.807) is 42.7 Å². The number of rotatable bonds is 9. The van der Waals surface area contributed by atoms with Crippen LogP contribution in [0.3, 0.4) is 0 Å². The topological polar surface area (TPSA) is 45.8 Å². The molecule has 1 aromatic heterocycles. The van der Waals surface area contributed by atoms with E-state index in [9.17, 15) is 9.50 Å². The van der Waals surface area contributed by atoms with Crippen molar-refractivity contribution in [2.75, 3.05) is 13.2 Å². The number of ether oxygens (including phenoxy) is 1. The molecule has 0 aliphatic carbocycles. The highest BCUT2D eigenvalue weighted by atomic mass is 35.5. The summed E-state index contributed by atoms with van der Waals surface area (Å²) >= 11 is 5.85. The maximum atomic E-state index is 13.1. The van der Waals surface area contributed by atoms with E-state index in [0.717, 1.165) is 11.3 Å². The zero-order chi connectivity index (χ0) is 19.1. The molecular formula is C21H21ClFNO3. The fourth-order valence-corrected chi connectivity index (χ4v) is 2.86. The first kappa shape index (κ1) is 19.4. The predicted molar refractivity (Wildman–Crippen MR) is 102 cm³/mol. The average molecular weight is 390 g/mol.